The molecule has 0 unspecified atom stereocenters. The van der Waals surface area contributed by atoms with E-state index in [-0.39, 0.29) is 12.2 Å². The van der Waals surface area contributed by atoms with E-state index in [4.69, 9.17) is 12.2 Å². The number of aliphatic hydroxyl groups excluding tert-OH is 1. The van der Waals surface area contributed by atoms with E-state index in [0.717, 1.165) is 54.6 Å². The number of rotatable bonds is 10. The zero-order chi connectivity index (χ0) is 21.4. The molecular formula is C22H34N4O2S. The Balaban J connectivity index is 2.09. The third-order valence-corrected chi connectivity index (χ3v) is 5.76. The van der Waals surface area contributed by atoms with Crippen LogP contribution in [-0.2, 0) is 6.54 Å². The van der Waals surface area contributed by atoms with Crippen molar-refractivity contribution < 1.29 is 5.11 Å². The van der Waals surface area contributed by atoms with Gasteiger partial charge in [-0.15, -0.1) is 0 Å². The molecule has 0 radical (unpaired) electrons. The minimum absolute atomic E-state index is 0.0229. The molecule has 0 fully saturated rings. The number of aryl methyl sites for hydroxylation is 2. The first-order valence-electron chi connectivity index (χ1n) is 10.4. The topological polar surface area (TPSA) is 71.6 Å². The fourth-order valence-corrected chi connectivity index (χ4v) is 3.72. The summed E-state index contributed by atoms with van der Waals surface area (Å²) in [6.45, 7) is 12.9. The zero-order valence-corrected chi connectivity index (χ0v) is 18.9. The van der Waals surface area contributed by atoms with Gasteiger partial charge in [-0.3, -0.25) is 4.79 Å². The first-order valence-corrected chi connectivity index (χ1v) is 10.8. The maximum absolute atomic E-state index is 12.6. The van der Waals surface area contributed by atoms with E-state index >= 15 is 0 Å². The maximum atomic E-state index is 12.6. The van der Waals surface area contributed by atoms with Crippen LogP contribution < -0.4 is 10.9 Å². The largest absolute Gasteiger partial charge is 0.395 e. The molecule has 1 aromatic heterocycles. The zero-order valence-electron chi connectivity index (χ0n) is 18.0. The quantitative estimate of drug-likeness (QED) is 0.407. The van der Waals surface area contributed by atoms with Gasteiger partial charge in [0.25, 0.3) is 5.56 Å². The Kier molecular flexibility index (Phi) is 9.07. The summed E-state index contributed by atoms with van der Waals surface area (Å²) >= 11 is 5.54. The summed E-state index contributed by atoms with van der Waals surface area (Å²) in [6, 6.07) is 6.03. The van der Waals surface area contributed by atoms with Crippen LogP contribution in [0.2, 0.25) is 0 Å². The number of aliphatic hydroxyl groups is 1. The number of fused-ring (bicyclic) bond motifs is 1. The molecule has 29 heavy (non-hydrogen) atoms. The van der Waals surface area contributed by atoms with E-state index in [0.29, 0.717) is 23.8 Å². The molecule has 7 heteroatoms. The molecule has 0 aliphatic rings. The van der Waals surface area contributed by atoms with Gasteiger partial charge in [-0.2, -0.15) is 0 Å². The highest BCUT2D eigenvalue weighted by molar-refractivity contribution is 7.80. The Hall–Kier alpha value is -1.96. The molecule has 0 saturated carbocycles. The highest BCUT2D eigenvalue weighted by Crippen LogP contribution is 2.20. The predicted molar refractivity (Wildman–Crippen MR) is 125 cm³/mol. The highest BCUT2D eigenvalue weighted by atomic mass is 32.1. The summed E-state index contributed by atoms with van der Waals surface area (Å²) in [4.78, 5) is 19.9. The molecule has 0 bridgehead atoms. The number of hydrogen-bond donors (Lipinski definition) is 3. The predicted octanol–water partition coefficient (Wildman–Crippen LogP) is 2.55. The Bertz CT molecular complexity index is 877. The van der Waals surface area contributed by atoms with E-state index in [1.165, 1.54) is 0 Å². The van der Waals surface area contributed by atoms with Crippen LogP contribution in [0.4, 0.5) is 0 Å². The minimum Gasteiger partial charge on any atom is -0.395 e. The van der Waals surface area contributed by atoms with Crippen LogP contribution in [0.25, 0.3) is 10.9 Å². The lowest BCUT2D eigenvalue weighted by atomic mass is 10.0. The maximum Gasteiger partial charge on any atom is 0.253 e. The Morgan fingerprint density at radius 2 is 1.86 bits per heavy atom. The highest BCUT2D eigenvalue weighted by Gasteiger charge is 2.14. The molecule has 0 aliphatic heterocycles. The third-order valence-electron chi connectivity index (χ3n) is 5.36. The Morgan fingerprint density at radius 3 is 2.52 bits per heavy atom. The van der Waals surface area contributed by atoms with Crippen LogP contribution in [-0.4, -0.2) is 64.3 Å². The van der Waals surface area contributed by atoms with Gasteiger partial charge in [-0.25, -0.2) is 0 Å². The number of nitrogens with zero attached hydrogens (tertiary/aromatic N) is 2. The molecule has 3 N–H and O–H groups in total. The fourth-order valence-electron chi connectivity index (χ4n) is 3.46. The molecule has 0 spiro atoms. The number of aromatic amines is 1. The molecule has 0 aliphatic carbocycles. The van der Waals surface area contributed by atoms with Gasteiger partial charge in [-0.05, 0) is 69.3 Å². The number of benzene rings is 1. The first-order chi connectivity index (χ1) is 13.9. The van der Waals surface area contributed by atoms with E-state index in [1.807, 2.05) is 30.9 Å². The summed E-state index contributed by atoms with van der Waals surface area (Å²) in [5, 5.41) is 14.4. The number of aromatic nitrogens is 1. The molecule has 2 aromatic rings. The molecule has 0 saturated heterocycles. The number of hydrogen-bond acceptors (Lipinski definition) is 4. The minimum atomic E-state index is -0.113. The van der Waals surface area contributed by atoms with Crippen molar-refractivity contribution in [3.05, 3.63) is 45.2 Å². The van der Waals surface area contributed by atoms with Crippen LogP contribution in [0, 0.1) is 13.8 Å². The van der Waals surface area contributed by atoms with Crippen molar-refractivity contribution in [2.45, 2.75) is 40.7 Å². The summed E-state index contributed by atoms with van der Waals surface area (Å²) in [6.07, 6.45) is 0.990. The molecule has 6 nitrogen and oxygen atoms in total. The fraction of sp³-hybridized carbons (Fsp3) is 0.545. The molecule has 0 atom stereocenters. The monoisotopic (exact) mass is 418 g/mol. The number of pyridine rings is 1. The lowest BCUT2D eigenvalue weighted by Crippen LogP contribution is -2.42. The van der Waals surface area contributed by atoms with Gasteiger partial charge in [0.05, 0.1) is 18.7 Å². The van der Waals surface area contributed by atoms with Gasteiger partial charge in [0, 0.05) is 24.0 Å². The third kappa shape index (κ3) is 6.26. The van der Waals surface area contributed by atoms with Crippen molar-refractivity contribution in [1.82, 2.24) is 20.1 Å². The molecule has 2 rings (SSSR count). The first kappa shape index (κ1) is 23.3. The Morgan fingerprint density at radius 1 is 1.17 bits per heavy atom. The molecular weight excluding hydrogens is 384 g/mol. The second-order valence-corrected chi connectivity index (χ2v) is 7.76. The normalized spacial score (nSPS) is 11.2. The standard InChI is InChI=1S/C22H34N4O2S/c1-5-25(6-2)11-7-10-23-22(29)26(12-13-27)15-18-14-19-16(3)8-9-17(4)20(19)24-21(18)28/h8-9,14,27H,5-7,10-13,15H2,1-4H3,(H,23,29)(H,24,28). The summed E-state index contributed by atoms with van der Waals surface area (Å²) < 4.78 is 0. The Labute approximate surface area is 178 Å². The SMILES string of the molecule is CCN(CC)CCCNC(=S)N(CCO)Cc1cc2c(C)ccc(C)c2[nH]c1=O. The lowest BCUT2D eigenvalue weighted by Gasteiger charge is -2.25. The van der Waals surface area contributed by atoms with Crippen molar-refractivity contribution in [2.75, 3.05) is 39.3 Å². The summed E-state index contributed by atoms with van der Waals surface area (Å²) in [5.41, 5.74) is 3.58. The van der Waals surface area contributed by atoms with Gasteiger partial charge < -0.3 is 25.2 Å². The van der Waals surface area contributed by atoms with Crippen LogP contribution in [0.3, 0.4) is 0 Å². The molecule has 1 aromatic carbocycles. The van der Waals surface area contributed by atoms with Crippen molar-refractivity contribution in [3.63, 3.8) is 0 Å². The number of thiocarbonyl (C=S) groups is 1. The number of H-pyrrole nitrogens is 1. The van der Waals surface area contributed by atoms with Gasteiger partial charge >= 0.3 is 0 Å². The van der Waals surface area contributed by atoms with Crippen molar-refractivity contribution in [2.24, 2.45) is 0 Å². The summed E-state index contributed by atoms with van der Waals surface area (Å²) in [5.74, 6) is 0. The van der Waals surface area contributed by atoms with Gasteiger partial charge in [-0.1, -0.05) is 26.0 Å². The van der Waals surface area contributed by atoms with Crippen LogP contribution in [0.1, 0.15) is 37.0 Å². The van der Waals surface area contributed by atoms with Gasteiger partial charge in [0.1, 0.15) is 0 Å². The van der Waals surface area contributed by atoms with Crippen LogP contribution in [0.15, 0.2) is 23.0 Å². The van der Waals surface area contributed by atoms with Crippen molar-refractivity contribution in [1.29, 1.82) is 0 Å². The molecule has 1 heterocycles. The number of nitrogens with one attached hydrogen (secondary N) is 2. The lowest BCUT2D eigenvalue weighted by molar-refractivity contribution is 0.244. The van der Waals surface area contributed by atoms with Gasteiger partial charge in [0.2, 0.25) is 0 Å². The van der Waals surface area contributed by atoms with Crippen LogP contribution in [0.5, 0.6) is 0 Å². The van der Waals surface area contributed by atoms with E-state index in [1.54, 1.807) is 0 Å². The van der Waals surface area contributed by atoms with Crippen molar-refractivity contribution in [3.8, 4) is 0 Å². The smallest absolute Gasteiger partial charge is 0.253 e. The van der Waals surface area contributed by atoms with E-state index in [2.05, 4.69) is 35.1 Å². The average Bonchev–Trinajstić information content (AvgIpc) is 2.71. The van der Waals surface area contributed by atoms with Crippen LogP contribution >= 0.6 is 12.2 Å². The molecule has 0 amide bonds. The summed E-state index contributed by atoms with van der Waals surface area (Å²) in [7, 11) is 0. The second kappa shape index (κ2) is 11.3. The van der Waals surface area contributed by atoms with E-state index < -0.39 is 0 Å². The second-order valence-electron chi connectivity index (χ2n) is 7.37. The van der Waals surface area contributed by atoms with E-state index in [9.17, 15) is 9.90 Å². The molecule has 160 valence electrons. The van der Waals surface area contributed by atoms with Crippen molar-refractivity contribution >= 4 is 28.2 Å². The van der Waals surface area contributed by atoms with Gasteiger partial charge in [0.15, 0.2) is 5.11 Å². The average molecular weight is 419 g/mol.